The van der Waals surface area contributed by atoms with Crippen LogP contribution in [0.4, 0.5) is 4.39 Å². The Kier molecular flexibility index (Phi) is 3.91. The maximum atomic E-state index is 13.6. The number of aromatic nitrogens is 2. The van der Waals surface area contributed by atoms with Crippen LogP contribution in [0.25, 0.3) is 11.0 Å². The highest BCUT2D eigenvalue weighted by Gasteiger charge is 2.15. The lowest BCUT2D eigenvalue weighted by Gasteiger charge is -2.10. The van der Waals surface area contributed by atoms with Gasteiger partial charge in [-0.2, -0.15) is 0 Å². The van der Waals surface area contributed by atoms with Crippen LogP contribution < -0.4 is 0 Å². The zero-order valence-electron chi connectivity index (χ0n) is 11.0. The summed E-state index contributed by atoms with van der Waals surface area (Å²) in [6.45, 7) is 6.70. The third kappa shape index (κ3) is 2.37. The van der Waals surface area contributed by atoms with Crippen molar-refractivity contribution in [3.8, 4) is 0 Å². The van der Waals surface area contributed by atoms with Crippen LogP contribution in [0.15, 0.2) is 12.1 Å². The number of rotatable bonds is 4. The van der Waals surface area contributed by atoms with Crippen LogP contribution in [-0.4, -0.2) is 9.55 Å². The molecule has 1 aromatic carbocycles. The molecule has 0 saturated carbocycles. The van der Waals surface area contributed by atoms with Crippen molar-refractivity contribution in [3.63, 3.8) is 0 Å². The summed E-state index contributed by atoms with van der Waals surface area (Å²) in [6, 6.07) is 3.35. The molecule has 2 nitrogen and oxygen atoms in total. The second-order valence-electron chi connectivity index (χ2n) is 4.68. The van der Waals surface area contributed by atoms with Crippen LogP contribution in [0, 0.1) is 12.7 Å². The van der Waals surface area contributed by atoms with Crippen LogP contribution >= 0.6 is 11.6 Å². The van der Waals surface area contributed by atoms with Crippen molar-refractivity contribution in [2.24, 2.45) is 0 Å². The van der Waals surface area contributed by atoms with Gasteiger partial charge in [-0.05, 0) is 31.9 Å². The van der Waals surface area contributed by atoms with E-state index < -0.39 is 0 Å². The van der Waals surface area contributed by atoms with Gasteiger partial charge in [-0.15, -0.1) is 11.6 Å². The number of fused-ring (bicyclic) bond motifs is 1. The van der Waals surface area contributed by atoms with Crippen molar-refractivity contribution in [1.82, 2.24) is 9.55 Å². The fourth-order valence-corrected chi connectivity index (χ4v) is 2.29. The summed E-state index contributed by atoms with van der Waals surface area (Å²) < 4.78 is 15.7. The predicted octanol–water partition coefficient (Wildman–Crippen LogP) is 4.58. The Bertz CT molecular complexity index is 560. The largest absolute Gasteiger partial charge is 0.327 e. The number of hydrogen-bond acceptors (Lipinski definition) is 1. The van der Waals surface area contributed by atoms with Crippen LogP contribution in [0.5, 0.6) is 0 Å². The molecule has 0 aliphatic carbocycles. The van der Waals surface area contributed by atoms with E-state index >= 15 is 0 Å². The molecule has 2 aromatic rings. The van der Waals surface area contributed by atoms with Gasteiger partial charge in [-0.3, -0.25) is 0 Å². The quantitative estimate of drug-likeness (QED) is 0.742. The predicted molar refractivity (Wildman–Crippen MR) is 73.6 cm³/mol. The second-order valence-corrected chi connectivity index (χ2v) is 5.34. The van der Waals surface area contributed by atoms with E-state index in [1.807, 2.05) is 13.0 Å². The third-order valence-electron chi connectivity index (χ3n) is 3.15. The van der Waals surface area contributed by atoms with Gasteiger partial charge in [-0.25, -0.2) is 9.37 Å². The monoisotopic (exact) mass is 268 g/mol. The van der Waals surface area contributed by atoms with Crippen LogP contribution in [0.2, 0.25) is 0 Å². The Morgan fingerprint density at radius 3 is 2.78 bits per heavy atom. The summed E-state index contributed by atoms with van der Waals surface area (Å²) in [6.07, 6.45) is 2.18. The average molecular weight is 269 g/mol. The number of benzene rings is 1. The number of halogens is 2. The topological polar surface area (TPSA) is 17.8 Å². The second kappa shape index (κ2) is 5.27. The molecule has 0 bridgehead atoms. The first-order chi connectivity index (χ1) is 8.54. The minimum Gasteiger partial charge on any atom is -0.327 e. The molecule has 0 N–H and O–H groups in total. The zero-order chi connectivity index (χ0) is 13.3. The van der Waals surface area contributed by atoms with Gasteiger partial charge in [0.15, 0.2) is 0 Å². The average Bonchev–Trinajstić information content (AvgIpc) is 2.65. The van der Waals surface area contributed by atoms with Crippen molar-refractivity contribution in [2.45, 2.75) is 45.5 Å². The van der Waals surface area contributed by atoms with Crippen molar-refractivity contribution in [3.05, 3.63) is 29.3 Å². The summed E-state index contributed by atoms with van der Waals surface area (Å²) in [5.74, 6) is 0.613. The Hall–Kier alpha value is -1.09. The molecular formula is C14H18ClFN2. The van der Waals surface area contributed by atoms with Gasteiger partial charge in [0, 0.05) is 12.6 Å². The minimum absolute atomic E-state index is 0.169. The zero-order valence-corrected chi connectivity index (χ0v) is 11.8. The molecule has 0 spiro atoms. The minimum atomic E-state index is -0.212. The first-order valence-corrected chi connectivity index (χ1v) is 6.78. The van der Waals surface area contributed by atoms with Crippen LogP contribution in [0.1, 0.15) is 43.5 Å². The van der Waals surface area contributed by atoms with E-state index in [1.165, 1.54) is 6.07 Å². The highest BCUT2D eigenvalue weighted by atomic mass is 35.5. The van der Waals surface area contributed by atoms with Crippen molar-refractivity contribution >= 4 is 22.6 Å². The highest BCUT2D eigenvalue weighted by molar-refractivity contribution is 6.20. The van der Waals surface area contributed by atoms with E-state index in [4.69, 9.17) is 11.6 Å². The van der Waals surface area contributed by atoms with Gasteiger partial charge in [0.25, 0.3) is 0 Å². The molecule has 4 heteroatoms. The fraction of sp³-hybridized carbons (Fsp3) is 0.500. The number of imidazole rings is 1. The molecule has 1 atom stereocenters. The molecule has 2 rings (SSSR count). The molecule has 1 heterocycles. The highest BCUT2D eigenvalue weighted by Crippen LogP contribution is 2.26. The molecule has 0 radical (unpaired) electrons. The van der Waals surface area contributed by atoms with Gasteiger partial charge in [-0.1, -0.05) is 13.3 Å². The third-order valence-corrected chi connectivity index (χ3v) is 3.34. The Balaban J connectivity index is 2.61. The van der Waals surface area contributed by atoms with Gasteiger partial charge in [0.2, 0.25) is 0 Å². The molecular weight excluding hydrogens is 251 g/mol. The number of hydrogen-bond donors (Lipinski definition) is 0. The first kappa shape index (κ1) is 13.3. The number of aryl methyl sites for hydroxylation is 2. The molecule has 1 unspecified atom stereocenters. The number of nitrogens with zero attached hydrogens (tertiary/aromatic N) is 2. The fourth-order valence-electron chi connectivity index (χ4n) is 2.12. The van der Waals surface area contributed by atoms with E-state index in [1.54, 1.807) is 6.92 Å². The summed E-state index contributed by atoms with van der Waals surface area (Å²) in [7, 11) is 0. The molecule has 0 aliphatic heterocycles. The molecule has 0 amide bonds. The van der Waals surface area contributed by atoms with E-state index in [9.17, 15) is 4.39 Å². The van der Waals surface area contributed by atoms with Crippen molar-refractivity contribution in [2.75, 3.05) is 0 Å². The van der Waals surface area contributed by atoms with Crippen molar-refractivity contribution in [1.29, 1.82) is 0 Å². The summed E-state index contributed by atoms with van der Waals surface area (Å²) >= 11 is 6.16. The van der Waals surface area contributed by atoms with E-state index in [2.05, 4.69) is 16.5 Å². The Morgan fingerprint density at radius 2 is 2.17 bits per heavy atom. The summed E-state index contributed by atoms with van der Waals surface area (Å²) in [5.41, 5.74) is 2.32. The maximum absolute atomic E-state index is 13.6. The van der Waals surface area contributed by atoms with Gasteiger partial charge in [0.1, 0.15) is 11.6 Å². The number of alkyl halides is 1. The summed E-state index contributed by atoms with van der Waals surface area (Å²) in [5, 5.41) is -0.169. The van der Waals surface area contributed by atoms with Crippen molar-refractivity contribution < 1.29 is 4.39 Å². The molecule has 0 fully saturated rings. The van der Waals surface area contributed by atoms with Gasteiger partial charge < -0.3 is 4.57 Å². The maximum Gasteiger partial charge on any atom is 0.128 e. The molecule has 18 heavy (non-hydrogen) atoms. The lowest BCUT2D eigenvalue weighted by atomic mass is 10.2. The smallest absolute Gasteiger partial charge is 0.128 e. The molecule has 0 aliphatic rings. The Morgan fingerprint density at radius 1 is 1.44 bits per heavy atom. The molecule has 1 aromatic heterocycles. The lowest BCUT2D eigenvalue weighted by Crippen LogP contribution is -2.04. The van der Waals surface area contributed by atoms with E-state index in [0.29, 0.717) is 11.1 Å². The number of unbranched alkanes of at least 4 members (excludes halogenated alkanes) is 1. The normalized spacial score (nSPS) is 13.2. The Labute approximate surface area is 112 Å². The SMILES string of the molecule is CCCCn1c(C(C)Cl)nc2cc(F)c(C)cc21. The standard InChI is InChI=1S/C14H18ClFN2/c1-4-5-6-18-13-7-9(2)11(16)8-12(13)17-14(18)10(3)15/h7-8,10H,4-6H2,1-3H3. The van der Waals surface area contributed by atoms with Crippen LogP contribution in [-0.2, 0) is 6.54 Å². The summed E-state index contributed by atoms with van der Waals surface area (Å²) in [4.78, 5) is 4.46. The molecule has 98 valence electrons. The lowest BCUT2D eigenvalue weighted by molar-refractivity contribution is 0.613. The van der Waals surface area contributed by atoms with E-state index in [-0.39, 0.29) is 11.2 Å². The van der Waals surface area contributed by atoms with Crippen LogP contribution in [0.3, 0.4) is 0 Å². The van der Waals surface area contributed by atoms with Gasteiger partial charge in [0.05, 0.1) is 16.4 Å². The van der Waals surface area contributed by atoms with E-state index in [0.717, 1.165) is 30.7 Å². The van der Waals surface area contributed by atoms with Gasteiger partial charge >= 0.3 is 0 Å². The molecule has 0 saturated heterocycles. The first-order valence-electron chi connectivity index (χ1n) is 6.35.